The van der Waals surface area contributed by atoms with E-state index in [4.69, 9.17) is 0 Å². The third-order valence-electron chi connectivity index (χ3n) is 6.05. The monoisotopic (exact) mass is 425 g/mol. The molecule has 30 heavy (non-hydrogen) atoms. The molecule has 1 aromatic heterocycles. The third kappa shape index (κ3) is 4.46. The van der Waals surface area contributed by atoms with Crippen molar-refractivity contribution in [2.24, 2.45) is 11.8 Å². The molecule has 3 amide bonds. The van der Waals surface area contributed by atoms with E-state index in [2.05, 4.69) is 41.5 Å². The number of aryl methyl sites for hydroxylation is 1. The lowest BCUT2D eigenvalue weighted by Crippen LogP contribution is -2.35. The predicted octanol–water partition coefficient (Wildman–Crippen LogP) is 3.34. The summed E-state index contributed by atoms with van der Waals surface area (Å²) in [6, 6.07) is 8.27. The van der Waals surface area contributed by atoms with Crippen molar-refractivity contribution in [1.29, 1.82) is 0 Å². The van der Waals surface area contributed by atoms with Crippen LogP contribution >= 0.6 is 11.3 Å². The number of nitrogens with zero attached hydrogens (tertiary/aromatic N) is 2. The first kappa shape index (κ1) is 20.7. The molecule has 2 unspecified atom stereocenters. The maximum Gasteiger partial charge on any atom is 0.233 e. The summed E-state index contributed by atoms with van der Waals surface area (Å²) >= 11 is 1.60. The van der Waals surface area contributed by atoms with E-state index in [9.17, 15) is 14.4 Å². The van der Waals surface area contributed by atoms with Crippen LogP contribution in [-0.2, 0) is 20.8 Å². The summed E-state index contributed by atoms with van der Waals surface area (Å²) < 4.78 is 0. The molecule has 2 fully saturated rings. The molecule has 2 aliphatic rings. The van der Waals surface area contributed by atoms with E-state index in [1.54, 1.807) is 11.3 Å². The van der Waals surface area contributed by atoms with E-state index >= 15 is 0 Å². The van der Waals surface area contributed by atoms with Crippen LogP contribution in [0.3, 0.4) is 0 Å². The Morgan fingerprint density at radius 2 is 1.80 bits per heavy atom. The highest BCUT2D eigenvalue weighted by molar-refractivity contribution is 7.13. The number of likely N-dealkylation sites (tertiary alicyclic amines) is 1. The lowest BCUT2D eigenvalue weighted by Gasteiger charge is -2.19. The molecule has 2 atom stereocenters. The van der Waals surface area contributed by atoms with Crippen LogP contribution in [0.4, 0.5) is 0 Å². The van der Waals surface area contributed by atoms with Gasteiger partial charge in [-0.05, 0) is 19.8 Å². The van der Waals surface area contributed by atoms with Crippen molar-refractivity contribution in [3.63, 3.8) is 0 Å². The van der Waals surface area contributed by atoms with Gasteiger partial charge in [-0.2, -0.15) is 0 Å². The molecule has 7 heteroatoms. The Labute approximate surface area is 180 Å². The first-order valence-corrected chi connectivity index (χ1v) is 11.5. The van der Waals surface area contributed by atoms with Crippen LogP contribution in [0.25, 0.3) is 10.6 Å². The Morgan fingerprint density at radius 3 is 2.47 bits per heavy atom. The van der Waals surface area contributed by atoms with Crippen LogP contribution in [0.15, 0.2) is 29.6 Å². The number of thiazole rings is 1. The van der Waals surface area contributed by atoms with E-state index in [1.165, 1.54) is 10.5 Å². The van der Waals surface area contributed by atoms with Crippen molar-refractivity contribution in [2.45, 2.75) is 45.4 Å². The molecule has 6 nitrogen and oxygen atoms in total. The molecule has 158 valence electrons. The number of rotatable bonds is 7. The number of fused-ring (bicyclic) bond motifs is 1. The summed E-state index contributed by atoms with van der Waals surface area (Å²) in [7, 11) is 0. The number of benzene rings is 1. The number of carbonyl (C=O) groups excluding carboxylic acids is 3. The summed E-state index contributed by atoms with van der Waals surface area (Å²) in [5.41, 5.74) is 3.26. The Morgan fingerprint density at radius 1 is 1.13 bits per heavy atom. The number of imide groups is 1. The van der Waals surface area contributed by atoms with Gasteiger partial charge < -0.3 is 5.32 Å². The third-order valence-corrected chi connectivity index (χ3v) is 6.99. The van der Waals surface area contributed by atoms with Crippen molar-refractivity contribution >= 4 is 29.1 Å². The molecule has 4 rings (SSSR count). The van der Waals surface area contributed by atoms with Crippen molar-refractivity contribution in [3.8, 4) is 10.6 Å². The van der Waals surface area contributed by atoms with Gasteiger partial charge in [0.15, 0.2) is 0 Å². The zero-order valence-electron chi connectivity index (χ0n) is 17.2. The average molecular weight is 426 g/mol. The van der Waals surface area contributed by atoms with Crippen LogP contribution in [-0.4, -0.2) is 40.7 Å². The summed E-state index contributed by atoms with van der Waals surface area (Å²) in [5, 5.41) is 5.87. The Balaban J connectivity index is 1.22. The van der Waals surface area contributed by atoms with Gasteiger partial charge in [-0.3, -0.25) is 19.3 Å². The molecule has 1 saturated carbocycles. The molecule has 2 heterocycles. The fourth-order valence-electron chi connectivity index (χ4n) is 4.33. The fraction of sp³-hybridized carbons (Fsp3) is 0.478. The number of amides is 3. The SMILES string of the molecule is Cc1ccc(-c2nc(CCNC(=O)CCN3C(=O)C4CCCCC4C3=O)cs2)cc1. The normalized spacial score (nSPS) is 21.0. The quantitative estimate of drug-likeness (QED) is 0.690. The molecule has 1 aliphatic carbocycles. The minimum Gasteiger partial charge on any atom is -0.356 e. The number of nitrogens with one attached hydrogen (secondary N) is 1. The van der Waals surface area contributed by atoms with Gasteiger partial charge in [0.1, 0.15) is 5.01 Å². The van der Waals surface area contributed by atoms with Crippen LogP contribution in [0.1, 0.15) is 43.4 Å². The maximum absolute atomic E-state index is 12.5. The number of hydrogen-bond acceptors (Lipinski definition) is 5. The largest absolute Gasteiger partial charge is 0.356 e. The van der Waals surface area contributed by atoms with Crippen LogP contribution in [0, 0.1) is 18.8 Å². The first-order valence-electron chi connectivity index (χ1n) is 10.7. The topological polar surface area (TPSA) is 79.4 Å². The summed E-state index contributed by atoms with van der Waals surface area (Å²) in [5.74, 6) is -0.602. The summed E-state index contributed by atoms with van der Waals surface area (Å²) in [4.78, 5) is 43.1. The van der Waals surface area contributed by atoms with E-state index in [1.807, 2.05) is 5.38 Å². The summed E-state index contributed by atoms with van der Waals surface area (Å²) in [6.45, 7) is 2.73. The smallest absolute Gasteiger partial charge is 0.233 e. The van der Waals surface area contributed by atoms with Gasteiger partial charge in [-0.15, -0.1) is 11.3 Å². The maximum atomic E-state index is 12.5. The van der Waals surface area contributed by atoms with Gasteiger partial charge in [-0.25, -0.2) is 4.98 Å². The van der Waals surface area contributed by atoms with E-state index in [0.29, 0.717) is 13.0 Å². The Hall–Kier alpha value is -2.54. The van der Waals surface area contributed by atoms with Crippen molar-refractivity contribution < 1.29 is 14.4 Å². The first-order chi connectivity index (χ1) is 14.5. The van der Waals surface area contributed by atoms with Crippen LogP contribution < -0.4 is 5.32 Å². The molecule has 0 spiro atoms. The number of hydrogen-bond donors (Lipinski definition) is 1. The number of carbonyl (C=O) groups is 3. The lowest BCUT2D eigenvalue weighted by atomic mass is 9.81. The van der Waals surface area contributed by atoms with Gasteiger partial charge in [0.2, 0.25) is 17.7 Å². The van der Waals surface area contributed by atoms with E-state index in [-0.39, 0.29) is 42.5 Å². The number of aromatic nitrogens is 1. The zero-order chi connectivity index (χ0) is 21.1. The molecule has 2 aromatic rings. The van der Waals surface area contributed by atoms with Crippen molar-refractivity contribution in [1.82, 2.24) is 15.2 Å². The highest BCUT2D eigenvalue weighted by Gasteiger charge is 2.47. The molecule has 1 saturated heterocycles. The molecule has 0 bridgehead atoms. The molecular weight excluding hydrogens is 398 g/mol. The standard InChI is InChI=1S/C23H27N3O3S/c1-15-6-8-16(9-7-15)21-25-17(14-30-21)10-12-24-20(27)11-13-26-22(28)18-4-2-3-5-19(18)23(26)29/h6-9,14,18-19H,2-5,10-13H2,1H3,(H,24,27). The molecular formula is C23H27N3O3S. The second-order valence-corrected chi connectivity index (χ2v) is 9.04. The lowest BCUT2D eigenvalue weighted by molar-refractivity contribution is -0.140. The van der Waals surface area contributed by atoms with Crippen molar-refractivity contribution in [2.75, 3.05) is 13.1 Å². The molecule has 1 N–H and O–H groups in total. The summed E-state index contributed by atoms with van der Waals surface area (Å²) in [6.07, 6.45) is 4.43. The fourth-order valence-corrected chi connectivity index (χ4v) is 5.19. The average Bonchev–Trinajstić information content (AvgIpc) is 3.31. The Bertz CT molecular complexity index is 913. The highest BCUT2D eigenvalue weighted by Crippen LogP contribution is 2.37. The zero-order valence-corrected chi connectivity index (χ0v) is 18.0. The van der Waals surface area contributed by atoms with E-state index < -0.39 is 0 Å². The molecule has 0 radical (unpaired) electrons. The van der Waals surface area contributed by atoms with Crippen LogP contribution in [0.5, 0.6) is 0 Å². The molecule has 1 aromatic carbocycles. The Kier molecular flexibility index (Phi) is 6.27. The minimum atomic E-state index is -0.151. The van der Waals surface area contributed by atoms with E-state index in [0.717, 1.165) is 41.9 Å². The second-order valence-electron chi connectivity index (χ2n) is 8.19. The van der Waals surface area contributed by atoms with Gasteiger partial charge in [-0.1, -0.05) is 42.7 Å². The van der Waals surface area contributed by atoms with Crippen LogP contribution in [0.2, 0.25) is 0 Å². The molecule has 1 aliphatic heterocycles. The second kappa shape index (κ2) is 9.08. The minimum absolute atomic E-state index is 0.0800. The highest BCUT2D eigenvalue weighted by atomic mass is 32.1. The van der Waals surface area contributed by atoms with Gasteiger partial charge in [0, 0.05) is 36.9 Å². The van der Waals surface area contributed by atoms with Gasteiger partial charge in [0.25, 0.3) is 0 Å². The van der Waals surface area contributed by atoms with Gasteiger partial charge in [0.05, 0.1) is 17.5 Å². The predicted molar refractivity (Wildman–Crippen MR) is 116 cm³/mol. The van der Waals surface area contributed by atoms with Gasteiger partial charge >= 0.3 is 0 Å². The van der Waals surface area contributed by atoms with Crippen molar-refractivity contribution in [3.05, 3.63) is 40.9 Å².